The molecule has 20 heteroatoms. The molecule has 0 radical (unpaired) electrons. The van der Waals surface area contributed by atoms with Gasteiger partial charge in [-0.3, -0.25) is 4.90 Å². The van der Waals surface area contributed by atoms with Crippen LogP contribution < -0.4 is 9.80 Å². The van der Waals surface area contributed by atoms with E-state index in [0.717, 1.165) is 34.6 Å². The lowest BCUT2D eigenvalue weighted by Crippen LogP contribution is -2.25. The molecule has 0 bridgehead atoms. The minimum atomic E-state index is -1.78. The van der Waals surface area contributed by atoms with Crippen LogP contribution in [-0.4, -0.2) is 48.2 Å². The van der Waals surface area contributed by atoms with Gasteiger partial charge in [0.25, 0.3) is 11.4 Å². The highest BCUT2D eigenvalue weighted by molar-refractivity contribution is 7.12. The highest BCUT2D eigenvalue weighted by Crippen LogP contribution is 2.42. The Morgan fingerprint density at radius 2 is 0.970 bits per heavy atom. The summed E-state index contributed by atoms with van der Waals surface area (Å²) in [4.78, 5) is 16.5. The van der Waals surface area contributed by atoms with Gasteiger partial charge in [-0.05, 0) is 6.42 Å². The molecule has 33 heavy (non-hydrogen) atoms. The molecule has 0 amide bonds. The summed E-state index contributed by atoms with van der Waals surface area (Å²) >= 11 is 56.1. The normalized spacial score (nSPS) is 12.9. The van der Waals surface area contributed by atoms with Gasteiger partial charge < -0.3 is 4.90 Å². The molecule has 0 atom stereocenters. The summed E-state index contributed by atoms with van der Waals surface area (Å²) in [5, 5.41) is 1.45. The van der Waals surface area contributed by atoms with Gasteiger partial charge in [-0.15, -0.1) is 0 Å². The maximum absolute atomic E-state index is 5.90. The summed E-state index contributed by atoms with van der Waals surface area (Å²) in [5.74, 6) is 0.185. The van der Waals surface area contributed by atoms with Gasteiger partial charge in [-0.25, -0.2) is 0 Å². The fraction of sp³-hybridized carbons (Fsp3) is 0.538. The maximum Gasteiger partial charge on any atom is 0.251 e. The minimum Gasteiger partial charge on any atom is -0.350 e. The average Bonchev–Trinajstić information content (AvgIpc) is 3.44. The zero-order valence-electron chi connectivity index (χ0n) is 15.8. The van der Waals surface area contributed by atoms with Crippen LogP contribution in [0.4, 0.5) is 15.4 Å². The first kappa shape index (κ1) is 28.5. The van der Waals surface area contributed by atoms with Gasteiger partial charge in [0.05, 0.1) is 0 Å². The van der Waals surface area contributed by atoms with Crippen molar-refractivity contribution in [1.29, 1.82) is 0 Å². The van der Waals surface area contributed by atoms with E-state index in [9.17, 15) is 0 Å². The van der Waals surface area contributed by atoms with Gasteiger partial charge in [0.1, 0.15) is 0 Å². The molecule has 0 spiro atoms. The highest BCUT2D eigenvalue weighted by atomic mass is 35.6. The maximum atomic E-state index is 5.90. The van der Waals surface area contributed by atoms with E-state index in [4.69, 9.17) is 104 Å². The van der Waals surface area contributed by atoms with E-state index >= 15 is 0 Å². The predicted molar refractivity (Wildman–Crippen MR) is 142 cm³/mol. The second-order valence-electron chi connectivity index (χ2n) is 6.12. The van der Waals surface area contributed by atoms with Crippen molar-refractivity contribution < 1.29 is 0 Å². The Bertz CT molecular complexity index is 1020. The van der Waals surface area contributed by atoms with Gasteiger partial charge in [-0.2, -0.15) is 28.1 Å². The van der Waals surface area contributed by atoms with Crippen LogP contribution in [-0.2, 0) is 11.4 Å². The monoisotopic (exact) mass is 688 g/mol. The van der Waals surface area contributed by atoms with Crippen molar-refractivity contribution in [2.24, 2.45) is 0 Å². The molecule has 3 aromatic heterocycles. The van der Waals surface area contributed by atoms with E-state index in [2.05, 4.69) is 28.1 Å². The van der Waals surface area contributed by atoms with E-state index in [1.165, 1.54) is 0 Å². The lowest BCUT2D eigenvalue weighted by Gasteiger charge is -2.20. The van der Waals surface area contributed by atoms with Crippen molar-refractivity contribution in [2.75, 3.05) is 29.9 Å². The van der Waals surface area contributed by atoms with Crippen LogP contribution >= 0.6 is 139 Å². The molecule has 0 aliphatic rings. The average molecular weight is 693 g/mol. The van der Waals surface area contributed by atoms with Crippen LogP contribution in [0.15, 0.2) is 0 Å². The first-order valence-electron chi connectivity index (χ1n) is 8.37. The molecule has 3 rings (SSSR count). The molecule has 0 unspecified atom stereocenters. The van der Waals surface area contributed by atoms with Crippen molar-refractivity contribution in [3.05, 3.63) is 17.5 Å². The number of alkyl halides is 9. The Hall–Kier alpha value is 0.890. The largest absolute Gasteiger partial charge is 0.350 e. The van der Waals surface area contributed by atoms with Gasteiger partial charge in [0.15, 0.2) is 17.5 Å². The van der Waals surface area contributed by atoms with E-state index in [-0.39, 0.29) is 17.5 Å². The Labute approximate surface area is 245 Å². The molecular weight excluding hydrogens is 683 g/mol. The molecule has 3 heterocycles. The van der Waals surface area contributed by atoms with Gasteiger partial charge in [-0.1, -0.05) is 104 Å². The SMILES string of the molecule is CN(CCCN(c1nc(C(Cl)(Cl)Cl)ns1)c1nc(C(Cl)(Cl)Cl)ns1)c1nc(C(Cl)(Cl)Cl)ns1. The van der Waals surface area contributed by atoms with Crippen LogP contribution in [0.3, 0.4) is 0 Å². The lowest BCUT2D eigenvalue weighted by molar-refractivity contribution is 0.770. The third-order valence-corrected chi connectivity index (χ3v) is 7.50. The zero-order chi connectivity index (χ0) is 24.6. The molecule has 182 valence electrons. The Morgan fingerprint density at radius 1 is 0.606 bits per heavy atom. The third-order valence-electron chi connectivity index (χ3n) is 3.67. The van der Waals surface area contributed by atoms with Gasteiger partial charge in [0.2, 0.25) is 15.4 Å². The summed E-state index contributed by atoms with van der Waals surface area (Å²) in [7, 11) is 1.84. The standard InChI is InChI=1S/C13H9Cl9N8S3/c1-29(8-23-5(26-31-8)11(14,15)16)3-2-4-30(9-24-6(27-32-9)12(17,18)19)10-25-7(28-33-10)13(20,21)22/h2-4H2,1H3. The molecular formula is C13H9Cl9N8S3. The van der Waals surface area contributed by atoms with Gasteiger partial charge in [0, 0.05) is 54.7 Å². The molecule has 8 nitrogen and oxygen atoms in total. The zero-order valence-corrected chi connectivity index (χ0v) is 25.1. The molecule has 0 saturated heterocycles. The summed E-state index contributed by atoms with van der Waals surface area (Å²) in [5.41, 5.74) is 0. The molecule has 0 fully saturated rings. The van der Waals surface area contributed by atoms with E-state index in [1.54, 1.807) is 4.90 Å². The fourth-order valence-electron chi connectivity index (χ4n) is 2.20. The Balaban J connectivity index is 1.76. The number of nitrogens with zero attached hydrogens (tertiary/aromatic N) is 8. The first-order valence-corrected chi connectivity index (χ1v) is 14.1. The smallest absolute Gasteiger partial charge is 0.251 e. The number of rotatable bonds is 7. The summed E-state index contributed by atoms with van der Waals surface area (Å²) < 4.78 is 7.06. The fourth-order valence-corrected chi connectivity index (χ4v) is 5.67. The molecule has 3 aromatic rings. The number of anilines is 3. The molecule has 0 N–H and O–H groups in total. The molecule has 0 saturated carbocycles. The topological polar surface area (TPSA) is 83.8 Å². The molecule has 0 aliphatic carbocycles. The summed E-state index contributed by atoms with van der Waals surface area (Å²) in [6.07, 6.45) is 0.616. The van der Waals surface area contributed by atoms with Crippen molar-refractivity contribution in [3.8, 4) is 0 Å². The predicted octanol–water partition coefficient (Wildman–Crippen LogP) is 7.39. The summed E-state index contributed by atoms with van der Waals surface area (Å²) in [6.45, 7) is 1.00. The number of hydrogen-bond acceptors (Lipinski definition) is 11. The quantitative estimate of drug-likeness (QED) is 0.237. The van der Waals surface area contributed by atoms with Crippen LogP contribution in [0.2, 0.25) is 0 Å². The number of aromatic nitrogens is 6. The number of hydrogen-bond donors (Lipinski definition) is 0. The van der Waals surface area contributed by atoms with Crippen molar-refractivity contribution in [2.45, 2.75) is 17.8 Å². The highest BCUT2D eigenvalue weighted by Gasteiger charge is 2.33. The number of halogens is 9. The second kappa shape index (κ2) is 11.1. The van der Waals surface area contributed by atoms with Crippen LogP contribution in [0, 0.1) is 0 Å². The van der Waals surface area contributed by atoms with Crippen LogP contribution in [0.25, 0.3) is 0 Å². The van der Waals surface area contributed by atoms with Crippen LogP contribution in [0.1, 0.15) is 23.9 Å². The van der Waals surface area contributed by atoms with Crippen molar-refractivity contribution in [1.82, 2.24) is 28.1 Å². The first-order chi connectivity index (χ1) is 15.2. The Morgan fingerprint density at radius 3 is 1.33 bits per heavy atom. The van der Waals surface area contributed by atoms with E-state index in [1.807, 2.05) is 11.9 Å². The minimum absolute atomic E-state index is 0.0360. The lowest BCUT2D eigenvalue weighted by atomic mass is 10.4. The molecule has 0 aromatic carbocycles. The van der Waals surface area contributed by atoms with Crippen molar-refractivity contribution in [3.63, 3.8) is 0 Å². The third kappa shape index (κ3) is 7.69. The van der Waals surface area contributed by atoms with Gasteiger partial charge >= 0.3 is 0 Å². The van der Waals surface area contributed by atoms with E-state index in [0.29, 0.717) is 34.9 Å². The van der Waals surface area contributed by atoms with Crippen molar-refractivity contribution >= 4 is 154 Å². The molecule has 0 aliphatic heterocycles. The Kier molecular flexibility index (Phi) is 9.57. The summed E-state index contributed by atoms with van der Waals surface area (Å²) in [6, 6.07) is 0. The van der Waals surface area contributed by atoms with E-state index < -0.39 is 11.4 Å². The second-order valence-corrected chi connectivity index (χ2v) is 15.2. The van der Waals surface area contributed by atoms with Crippen LogP contribution in [0.5, 0.6) is 0 Å².